The molecule has 3 aromatic rings. The van der Waals surface area contributed by atoms with E-state index in [4.69, 9.17) is 4.42 Å². The van der Waals surface area contributed by atoms with E-state index in [0.717, 1.165) is 0 Å². The number of phenols is 2. The Labute approximate surface area is 177 Å². The Balaban J connectivity index is 1.74. The van der Waals surface area contributed by atoms with Crippen molar-refractivity contribution in [3.05, 3.63) is 58.0 Å². The number of ketones is 2. The van der Waals surface area contributed by atoms with Crippen molar-refractivity contribution in [1.82, 2.24) is 10.2 Å². The van der Waals surface area contributed by atoms with Gasteiger partial charge in [0, 0.05) is 36.4 Å². The molecule has 8 nitrogen and oxygen atoms in total. The van der Waals surface area contributed by atoms with Gasteiger partial charge >= 0.3 is 0 Å². The SMILES string of the molecule is Cc1oc2c(c1C(=O)N1CCNCC1C)C(=O)c1c(c(O)c3ccccc3c1O)C2=O. The van der Waals surface area contributed by atoms with Crippen LogP contribution in [0.1, 0.15) is 55.1 Å². The first-order chi connectivity index (χ1) is 14.8. The van der Waals surface area contributed by atoms with E-state index in [1.807, 2.05) is 6.92 Å². The number of piperazine rings is 1. The molecule has 3 N–H and O–H groups in total. The van der Waals surface area contributed by atoms with Crippen LogP contribution in [-0.4, -0.2) is 58.3 Å². The van der Waals surface area contributed by atoms with Gasteiger partial charge in [0.15, 0.2) is 5.76 Å². The molecule has 0 radical (unpaired) electrons. The number of carbonyl (C=O) groups excluding carboxylic acids is 3. The number of aryl methyl sites for hydroxylation is 1. The maximum atomic E-state index is 13.5. The van der Waals surface area contributed by atoms with Gasteiger partial charge in [-0.3, -0.25) is 14.4 Å². The molecule has 1 aliphatic heterocycles. The van der Waals surface area contributed by atoms with Gasteiger partial charge in [-0.25, -0.2) is 0 Å². The van der Waals surface area contributed by atoms with Crippen LogP contribution in [0.5, 0.6) is 11.5 Å². The maximum absolute atomic E-state index is 13.5. The summed E-state index contributed by atoms with van der Waals surface area (Å²) in [5.41, 5.74) is -0.746. The van der Waals surface area contributed by atoms with Gasteiger partial charge in [0.2, 0.25) is 11.6 Å². The van der Waals surface area contributed by atoms with E-state index in [1.165, 1.54) is 6.92 Å². The molecule has 1 atom stereocenters. The highest BCUT2D eigenvalue weighted by Gasteiger charge is 2.43. The van der Waals surface area contributed by atoms with E-state index in [1.54, 1.807) is 29.2 Å². The topological polar surface area (TPSA) is 120 Å². The summed E-state index contributed by atoms with van der Waals surface area (Å²) >= 11 is 0. The van der Waals surface area contributed by atoms with Crippen molar-refractivity contribution in [2.75, 3.05) is 19.6 Å². The van der Waals surface area contributed by atoms with E-state index in [2.05, 4.69) is 5.32 Å². The maximum Gasteiger partial charge on any atom is 0.258 e. The lowest BCUT2D eigenvalue weighted by Crippen LogP contribution is -2.52. The number of amides is 1. The van der Waals surface area contributed by atoms with Crippen molar-refractivity contribution in [2.24, 2.45) is 0 Å². The second kappa shape index (κ2) is 6.68. The summed E-state index contributed by atoms with van der Waals surface area (Å²) in [6.07, 6.45) is 0. The van der Waals surface area contributed by atoms with Crippen molar-refractivity contribution in [3.63, 3.8) is 0 Å². The van der Waals surface area contributed by atoms with Crippen LogP contribution in [0.3, 0.4) is 0 Å². The quantitative estimate of drug-likeness (QED) is 0.404. The van der Waals surface area contributed by atoms with E-state index in [0.29, 0.717) is 19.6 Å². The molecule has 0 saturated carbocycles. The van der Waals surface area contributed by atoms with Crippen molar-refractivity contribution >= 4 is 28.2 Å². The highest BCUT2D eigenvalue weighted by Crippen LogP contribution is 2.45. The number of aromatic hydroxyl groups is 2. The Morgan fingerprint density at radius 1 is 1.06 bits per heavy atom. The molecule has 1 saturated heterocycles. The van der Waals surface area contributed by atoms with Crippen LogP contribution in [0.15, 0.2) is 28.7 Å². The van der Waals surface area contributed by atoms with Crippen LogP contribution >= 0.6 is 0 Å². The summed E-state index contributed by atoms with van der Waals surface area (Å²) in [7, 11) is 0. The molecule has 1 aliphatic carbocycles. The average molecular weight is 420 g/mol. The summed E-state index contributed by atoms with van der Waals surface area (Å²) < 4.78 is 5.60. The summed E-state index contributed by atoms with van der Waals surface area (Å²) in [5, 5.41) is 25.3. The molecule has 158 valence electrons. The number of fused-ring (bicyclic) bond motifs is 3. The predicted octanol–water partition coefficient (Wildman–Crippen LogP) is 2.36. The fourth-order valence-corrected chi connectivity index (χ4v) is 4.55. The van der Waals surface area contributed by atoms with Gasteiger partial charge in [0.05, 0.1) is 22.3 Å². The third-order valence-corrected chi connectivity index (χ3v) is 6.11. The molecule has 2 aliphatic rings. The largest absolute Gasteiger partial charge is 0.506 e. The van der Waals surface area contributed by atoms with E-state index >= 15 is 0 Å². The Bertz CT molecular complexity index is 1310. The first-order valence-electron chi connectivity index (χ1n) is 10.0. The lowest BCUT2D eigenvalue weighted by molar-refractivity contribution is 0.0651. The molecule has 5 rings (SSSR count). The molecule has 2 heterocycles. The molecule has 0 bridgehead atoms. The number of hydrogen-bond donors (Lipinski definition) is 3. The minimum Gasteiger partial charge on any atom is -0.506 e. The van der Waals surface area contributed by atoms with Crippen LogP contribution in [0.4, 0.5) is 0 Å². The highest BCUT2D eigenvalue weighted by atomic mass is 16.4. The van der Waals surface area contributed by atoms with Gasteiger partial charge in [-0.1, -0.05) is 24.3 Å². The third-order valence-electron chi connectivity index (χ3n) is 6.11. The van der Waals surface area contributed by atoms with Gasteiger partial charge in [-0.15, -0.1) is 0 Å². The predicted molar refractivity (Wildman–Crippen MR) is 111 cm³/mol. The molecule has 1 aromatic heterocycles. The smallest absolute Gasteiger partial charge is 0.258 e. The minimum atomic E-state index is -0.737. The number of benzene rings is 2. The molecular formula is C23H20N2O6. The summed E-state index contributed by atoms with van der Waals surface area (Å²) in [6.45, 7) is 5.10. The van der Waals surface area contributed by atoms with E-state index < -0.39 is 29.0 Å². The molecule has 1 unspecified atom stereocenters. The van der Waals surface area contributed by atoms with Gasteiger partial charge < -0.3 is 24.8 Å². The van der Waals surface area contributed by atoms with Gasteiger partial charge in [-0.2, -0.15) is 0 Å². The van der Waals surface area contributed by atoms with Crippen molar-refractivity contribution < 1.29 is 29.0 Å². The highest BCUT2D eigenvalue weighted by molar-refractivity contribution is 6.33. The zero-order chi connectivity index (χ0) is 22.0. The second-order valence-corrected chi connectivity index (χ2v) is 7.94. The molecule has 0 spiro atoms. The minimum absolute atomic E-state index is 0.0276. The third kappa shape index (κ3) is 2.55. The summed E-state index contributed by atoms with van der Waals surface area (Å²) in [6, 6.07) is 6.29. The summed E-state index contributed by atoms with van der Waals surface area (Å²) in [4.78, 5) is 41.7. The van der Waals surface area contributed by atoms with E-state index in [9.17, 15) is 24.6 Å². The number of phenolic OH excluding ortho intramolecular Hbond substituents is 2. The van der Waals surface area contributed by atoms with Crippen LogP contribution in [-0.2, 0) is 0 Å². The molecule has 31 heavy (non-hydrogen) atoms. The van der Waals surface area contributed by atoms with Crippen LogP contribution < -0.4 is 5.32 Å². The number of carbonyl (C=O) groups is 3. The standard InChI is InChI=1S/C23H20N2O6/c1-10-9-24-7-8-25(10)23(30)14-11(2)31-22-17(14)20(28)15-16(21(22)29)19(27)13-6-4-3-5-12(13)18(15)26/h3-6,10,24,26-27H,7-9H2,1-2H3. The number of nitrogens with zero attached hydrogens (tertiary/aromatic N) is 1. The average Bonchev–Trinajstić information content (AvgIpc) is 3.12. The van der Waals surface area contributed by atoms with Crippen LogP contribution in [0.25, 0.3) is 10.8 Å². The first-order valence-corrected chi connectivity index (χ1v) is 10.0. The van der Waals surface area contributed by atoms with Crippen molar-refractivity contribution in [2.45, 2.75) is 19.9 Å². The van der Waals surface area contributed by atoms with E-state index in [-0.39, 0.29) is 50.6 Å². The zero-order valence-electron chi connectivity index (χ0n) is 17.0. The van der Waals surface area contributed by atoms with Crippen molar-refractivity contribution in [3.8, 4) is 11.5 Å². The fraction of sp³-hybridized carbons (Fsp3) is 0.261. The molecule has 1 fully saturated rings. The number of hydrogen-bond acceptors (Lipinski definition) is 7. The zero-order valence-corrected chi connectivity index (χ0v) is 17.0. The molecule has 8 heteroatoms. The normalized spacial score (nSPS) is 18.3. The van der Waals surface area contributed by atoms with Crippen LogP contribution in [0, 0.1) is 6.92 Å². The Morgan fingerprint density at radius 2 is 1.68 bits per heavy atom. The van der Waals surface area contributed by atoms with Gasteiger partial charge in [0.25, 0.3) is 5.91 Å². The molecular weight excluding hydrogens is 400 g/mol. The van der Waals surface area contributed by atoms with Crippen molar-refractivity contribution in [1.29, 1.82) is 0 Å². The van der Waals surface area contributed by atoms with Crippen LogP contribution in [0.2, 0.25) is 0 Å². The molecule has 2 aromatic carbocycles. The summed E-state index contributed by atoms with van der Waals surface area (Å²) in [5.74, 6) is -2.79. The fourth-order valence-electron chi connectivity index (χ4n) is 4.55. The lowest BCUT2D eigenvalue weighted by Gasteiger charge is -2.34. The number of furan rings is 1. The Kier molecular flexibility index (Phi) is 4.16. The number of nitrogens with one attached hydrogen (secondary N) is 1. The second-order valence-electron chi connectivity index (χ2n) is 7.94. The molecule has 1 amide bonds. The Morgan fingerprint density at radius 3 is 2.29 bits per heavy atom. The van der Waals surface area contributed by atoms with Gasteiger partial charge in [0.1, 0.15) is 17.3 Å². The van der Waals surface area contributed by atoms with Gasteiger partial charge in [-0.05, 0) is 13.8 Å². The lowest BCUT2D eigenvalue weighted by atomic mass is 9.83. The monoisotopic (exact) mass is 420 g/mol. The first kappa shape index (κ1) is 19.3. The Hall–Kier alpha value is -3.65. The number of rotatable bonds is 1.